The van der Waals surface area contributed by atoms with Crippen LogP contribution in [0.5, 0.6) is 0 Å². The summed E-state index contributed by atoms with van der Waals surface area (Å²) in [5, 5.41) is 52.7. The molecule has 0 radical (unpaired) electrons. The van der Waals surface area contributed by atoms with Gasteiger partial charge in [-0.1, -0.05) is 12.2 Å². The largest absolute Gasteiger partial charge is 0.394 e. The summed E-state index contributed by atoms with van der Waals surface area (Å²) in [6, 6.07) is -3.46. The normalized spacial score (nSPS) is 52.5. The summed E-state index contributed by atoms with van der Waals surface area (Å²) in [5.74, 6) is -0.670. The molecule has 4 rings (SSSR count). The van der Waals surface area contributed by atoms with Gasteiger partial charge in [-0.15, -0.1) is 0 Å². The Morgan fingerprint density at radius 2 is 1.48 bits per heavy atom. The molecule has 0 amide bonds. The predicted molar refractivity (Wildman–Crippen MR) is 139 cm³/mol. The molecule has 16 heteroatoms. The molecule has 16 nitrogen and oxygen atoms in total. The van der Waals surface area contributed by atoms with E-state index in [1.54, 1.807) is 19.1 Å². The van der Waals surface area contributed by atoms with Gasteiger partial charge >= 0.3 is 0 Å². The zero-order valence-electron chi connectivity index (χ0n) is 22.4. The Bertz CT molecular complexity index is 859. The zero-order chi connectivity index (χ0) is 29.5. The van der Waals surface area contributed by atoms with E-state index < -0.39 is 110 Å². The fourth-order valence-electron chi connectivity index (χ4n) is 5.95. The molecule has 2 saturated heterocycles. The van der Waals surface area contributed by atoms with E-state index in [2.05, 4.69) is 0 Å². The lowest BCUT2D eigenvalue weighted by Gasteiger charge is -2.48. The molecule has 17 N–H and O–H groups in total. The van der Waals surface area contributed by atoms with Gasteiger partial charge in [-0.05, 0) is 13.3 Å². The minimum Gasteiger partial charge on any atom is -0.394 e. The van der Waals surface area contributed by atoms with Crippen molar-refractivity contribution in [3.8, 4) is 0 Å². The van der Waals surface area contributed by atoms with Crippen molar-refractivity contribution in [3.05, 3.63) is 12.2 Å². The fraction of sp³-hybridized carbons (Fsp3) is 0.917. The lowest BCUT2D eigenvalue weighted by atomic mass is 9.73. The first kappa shape index (κ1) is 32.0. The van der Waals surface area contributed by atoms with Crippen molar-refractivity contribution >= 4 is 0 Å². The van der Waals surface area contributed by atoms with E-state index in [0.717, 1.165) is 0 Å². The Kier molecular flexibility index (Phi) is 10.5. The van der Waals surface area contributed by atoms with Gasteiger partial charge in [-0.3, -0.25) is 0 Å². The monoisotopic (exact) mass is 578 g/mol. The third kappa shape index (κ3) is 6.23. The first-order chi connectivity index (χ1) is 18.9. The quantitative estimate of drug-likeness (QED) is 0.119. The number of ether oxygens (including phenoxy) is 5. The van der Waals surface area contributed by atoms with E-state index in [1.807, 2.05) is 0 Å². The predicted octanol–water partition coefficient (Wildman–Crippen LogP) is -6.40. The minimum absolute atomic E-state index is 0.129. The topological polar surface area (TPSA) is 303 Å². The van der Waals surface area contributed by atoms with Crippen LogP contribution in [0.4, 0.5) is 0 Å². The van der Waals surface area contributed by atoms with Gasteiger partial charge in [0.15, 0.2) is 12.6 Å². The third-order valence-electron chi connectivity index (χ3n) is 8.34. The number of nitrogens with two attached hydrogens (primary N) is 6. The standard InChI is InChI=1S/C24H46N6O10/c1-7(26)11-3-2-8(27)20(36-11)14-9(28)4-10(29)16(32)22(14)40-24-19(35)21(13(6-31)38-24)39-23-15(30)18(34)17(33)12(5-25)37-23/h2-3,7-24,31-35H,4-6,25-30H2,1H3/t7-,8+,9-,10+,11-,12-,13+,14?,15+,16-,17+,18+,19+,20-,21+,22-,23+,24-/m0/s1. The second-order valence-electron chi connectivity index (χ2n) is 11.3. The van der Waals surface area contributed by atoms with E-state index in [0.29, 0.717) is 0 Å². The van der Waals surface area contributed by atoms with Gasteiger partial charge in [-0.2, -0.15) is 0 Å². The van der Waals surface area contributed by atoms with Crippen LogP contribution < -0.4 is 34.4 Å². The average Bonchev–Trinajstić information content (AvgIpc) is 3.21. The maximum Gasteiger partial charge on any atom is 0.187 e. The Morgan fingerprint density at radius 3 is 2.10 bits per heavy atom. The molecule has 1 aliphatic carbocycles. The highest BCUT2D eigenvalue weighted by atomic mass is 16.7. The summed E-state index contributed by atoms with van der Waals surface area (Å²) in [6.07, 6.45) is -9.90. The number of aliphatic hydroxyl groups is 5. The van der Waals surface area contributed by atoms with Crippen molar-refractivity contribution in [2.45, 2.75) is 117 Å². The van der Waals surface area contributed by atoms with Crippen LogP contribution in [0.1, 0.15) is 13.3 Å². The Morgan fingerprint density at radius 1 is 0.825 bits per heavy atom. The molecule has 40 heavy (non-hydrogen) atoms. The SMILES string of the molecule is C[C@H](N)[C@@H]1C=C[C@@H](N)[C@@H](C2[C@@H](N)C[C@@H](N)[C@H](O)[C@H]2O[C@@H]2O[C@H](CO)[C@@H](O[C@H]3O[C@@H](CN)[C@@H](O)[C@H](O)[C@H]3N)[C@H]2O)O1. The Hall–Kier alpha value is -0.900. The lowest BCUT2D eigenvalue weighted by molar-refractivity contribution is -0.280. The van der Waals surface area contributed by atoms with Crippen LogP contribution in [0.3, 0.4) is 0 Å². The second-order valence-corrected chi connectivity index (χ2v) is 11.3. The van der Waals surface area contributed by atoms with Gasteiger partial charge in [0, 0.05) is 36.6 Å². The van der Waals surface area contributed by atoms with Crippen molar-refractivity contribution in [2.75, 3.05) is 13.2 Å². The van der Waals surface area contributed by atoms with Gasteiger partial charge < -0.3 is 83.6 Å². The van der Waals surface area contributed by atoms with Gasteiger partial charge in [-0.25, -0.2) is 0 Å². The van der Waals surface area contributed by atoms with Crippen LogP contribution >= 0.6 is 0 Å². The van der Waals surface area contributed by atoms with Gasteiger partial charge in [0.25, 0.3) is 0 Å². The Labute approximate surface area is 232 Å². The minimum atomic E-state index is -1.51. The molecule has 3 fully saturated rings. The fourth-order valence-corrected chi connectivity index (χ4v) is 5.95. The van der Waals surface area contributed by atoms with E-state index in [1.165, 1.54) is 0 Å². The molecule has 0 aromatic carbocycles. The van der Waals surface area contributed by atoms with Crippen LogP contribution in [0.15, 0.2) is 12.2 Å². The maximum absolute atomic E-state index is 11.2. The first-order valence-corrected chi connectivity index (χ1v) is 13.7. The zero-order valence-corrected chi connectivity index (χ0v) is 22.4. The summed E-state index contributed by atoms with van der Waals surface area (Å²) < 4.78 is 29.6. The van der Waals surface area contributed by atoms with Crippen LogP contribution in [0, 0.1) is 5.92 Å². The van der Waals surface area contributed by atoms with Crippen molar-refractivity contribution in [2.24, 2.45) is 40.3 Å². The molecular formula is C24H46N6O10. The molecule has 18 atom stereocenters. The van der Waals surface area contributed by atoms with Crippen LogP contribution in [-0.4, -0.2) is 143 Å². The first-order valence-electron chi connectivity index (χ1n) is 13.7. The van der Waals surface area contributed by atoms with Crippen LogP contribution in [0.25, 0.3) is 0 Å². The number of rotatable bonds is 8. The summed E-state index contributed by atoms with van der Waals surface area (Å²) in [4.78, 5) is 0. The van der Waals surface area contributed by atoms with Gasteiger partial charge in [0.05, 0.1) is 37.1 Å². The smallest absolute Gasteiger partial charge is 0.187 e. The van der Waals surface area contributed by atoms with E-state index in [-0.39, 0.29) is 19.0 Å². The molecule has 3 heterocycles. The van der Waals surface area contributed by atoms with Crippen molar-refractivity contribution in [3.63, 3.8) is 0 Å². The van der Waals surface area contributed by atoms with Gasteiger partial charge in [0.1, 0.15) is 36.6 Å². The summed E-state index contributed by atoms with van der Waals surface area (Å²) in [5.41, 5.74) is 36.7. The van der Waals surface area contributed by atoms with Crippen molar-refractivity contribution in [1.82, 2.24) is 0 Å². The molecule has 1 saturated carbocycles. The average molecular weight is 579 g/mol. The molecule has 0 bridgehead atoms. The molecule has 4 aliphatic rings. The summed E-state index contributed by atoms with van der Waals surface area (Å²) in [7, 11) is 0. The second kappa shape index (κ2) is 13.2. The van der Waals surface area contributed by atoms with E-state index in [4.69, 9.17) is 58.1 Å². The summed E-state index contributed by atoms with van der Waals surface area (Å²) >= 11 is 0. The molecule has 0 aromatic rings. The van der Waals surface area contributed by atoms with E-state index in [9.17, 15) is 25.5 Å². The molecule has 1 unspecified atom stereocenters. The molecule has 0 aromatic heterocycles. The molecule has 3 aliphatic heterocycles. The van der Waals surface area contributed by atoms with E-state index >= 15 is 0 Å². The van der Waals surface area contributed by atoms with Crippen LogP contribution in [-0.2, 0) is 23.7 Å². The molecular weight excluding hydrogens is 532 g/mol. The Balaban J connectivity index is 1.53. The highest BCUT2D eigenvalue weighted by Gasteiger charge is 2.54. The highest BCUT2D eigenvalue weighted by molar-refractivity contribution is 5.12. The number of hydrogen-bond acceptors (Lipinski definition) is 16. The lowest BCUT2D eigenvalue weighted by Crippen LogP contribution is -2.66. The molecule has 232 valence electrons. The maximum atomic E-state index is 11.2. The van der Waals surface area contributed by atoms with Crippen LogP contribution in [0.2, 0.25) is 0 Å². The highest BCUT2D eigenvalue weighted by Crippen LogP contribution is 2.37. The number of hydrogen-bond donors (Lipinski definition) is 11. The van der Waals surface area contributed by atoms with Crippen molar-refractivity contribution in [1.29, 1.82) is 0 Å². The number of aliphatic hydroxyl groups excluding tert-OH is 5. The third-order valence-corrected chi connectivity index (χ3v) is 8.34. The van der Waals surface area contributed by atoms with Gasteiger partial charge in [0.2, 0.25) is 0 Å². The van der Waals surface area contributed by atoms with Crippen molar-refractivity contribution < 1.29 is 49.2 Å². The molecule has 0 spiro atoms. The summed E-state index contributed by atoms with van der Waals surface area (Å²) in [6.45, 7) is 1.08.